The van der Waals surface area contributed by atoms with E-state index in [1.165, 1.54) is 14.2 Å². The van der Waals surface area contributed by atoms with Gasteiger partial charge in [0, 0.05) is 111 Å². The number of nitrogens with one attached hydrogen (secondary N) is 1. The van der Waals surface area contributed by atoms with E-state index in [2.05, 4.69) is 99.0 Å². The Balaban J connectivity index is 0.000000242. The SMILES string of the molecule is COc1cc(CCN2CCOCC2)cc(C#N)c1N.COc1cc(CCN2CCOCC2)cc(C(N)=O)c1N.COc1cc(CCN2CCOCC2)cc(C(N)=O)c1NC(=O)c1cc(C(F)(F)F)ccn1.CS(=O)(=O)OCCc1cc(Br)c(N)c(C#N)c1.N#Cc1cc(CCN2CCOCC2)cc(Br)c1N.N#Cc1cc(CCO)cc(Br)c1N.O=C(O)c1cc(C(F)(F)F)ccn1. The number of methoxy groups -OCH3 is 3. The molecule has 3 amide bonds. The topological polar surface area (TPSA) is 545 Å². The molecule has 0 bridgehead atoms. The fraction of sp³-hybridized carbons (Fsp3) is 0.386. The van der Waals surface area contributed by atoms with E-state index in [-0.39, 0.29) is 30.2 Å². The summed E-state index contributed by atoms with van der Waals surface area (Å²) in [5.41, 5.74) is 46.3. The van der Waals surface area contributed by atoms with Crippen molar-refractivity contribution in [1.29, 1.82) is 21.0 Å². The van der Waals surface area contributed by atoms with E-state index in [0.29, 0.717) is 127 Å². The number of alkyl halides is 6. The number of ether oxygens (including phenoxy) is 7. The monoisotopic (exact) mass is 2050 g/mol. The summed E-state index contributed by atoms with van der Waals surface area (Å²) in [6.07, 6.45) is -2.33. The Morgan fingerprint density at radius 3 is 1.11 bits per heavy atom. The number of benzene rings is 6. The molecule has 710 valence electrons. The van der Waals surface area contributed by atoms with Crippen LogP contribution in [0.3, 0.4) is 0 Å². The highest BCUT2D eigenvalue weighted by molar-refractivity contribution is 9.11. The molecule has 0 unspecified atom stereocenters. The van der Waals surface area contributed by atoms with Gasteiger partial charge in [-0.15, -0.1) is 0 Å². The van der Waals surface area contributed by atoms with Crippen molar-refractivity contribution in [2.45, 2.75) is 50.9 Å². The number of aromatic carboxylic acids is 1. The Kier molecular flexibility index (Phi) is 45.0. The maximum atomic E-state index is 12.9. The van der Waals surface area contributed by atoms with Crippen LogP contribution < -0.4 is 59.7 Å². The molecule has 0 saturated carbocycles. The van der Waals surface area contributed by atoms with E-state index in [1.807, 2.05) is 48.5 Å². The number of carbonyl (C=O) groups excluding carboxylic acids is 3. The number of halogens is 9. The van der Waals surface area contributed by atoms with Crippen LogP contribution in [0.2, 0.25) is 0 Å². The molecule has 4 fully saturated rings. The number of morpholine rings is 4. The van der Waals surface area contributed by atoms with Gasteiger partial charge in [0.05, 0.1) is 166 Å². The first-order chi connectivity index (χ1) is 62.7. The molecule has 44 heteroatoms. The number of nitrogen functional groups attached to an aromatic ring is 5. The molecular weight excluding hydrogens is 1950 g/mol. The molecule has 0 aliphatic carbocycles. The highest BCUT2D eigenvalue weighted by atomic mass is 79.9. The van der Waals surface area contributed by atoms with E-state index in [1.54, 1.807) is 43.5 Å². The zero-order chi connectivity index (χ0) is 97.4. The summed E-state index contributed by atoms with van der Waals surface area (Å²) < 4.78 is 140. The number of nitriles is 4. The van der Waals surface area contributed by atoms with Gasteiger partial charge in [0.15, 0.2) is 0 Å². The van der Waals surface area contributed by atoms with Crippen molar-refractivity contribution in [2.75, 3.05) is 206 Å². The smallest absolute Gasteiger partial charge is 0.416 e. The quantitative estimate of drug-likeness (QED) is 0.0137. The van der Waals surface area contributed by atoms with Gasteiger partial charge in [-0.3, -0.25) is 43.2 Å². The van der Waals surface area contributed by atoms with Crippen molar-refractivity contribution in [1.82, 2.24) is 29.6 Å². The van der Waals surface area contributed by atoms with Gasteiger partial charge in [-0.05, 0) is 217 Å². The molecule has 2 aromatic heterocycles. The number of carboxylic acid groups (broad SMARTS) is 1. The fourth-order valence-electron chi connectivity index (χ4n) is 12.8. The zero-order valence-corrected chi connectivity index (χ0v) is 78.2. The van der Waals surface area contributed by atoms with Gasteiger partial charge in [0.25, 0.3) is 27.8 Å². The fourth-order valence-corrected chi connectivity index (χ4v) is 14.8. The van der Waals surface area contributed by atoms with Gasteiger partial charge in [-0.2, -0.15) is 55.8 Å². The lowest BCUT2D eigenvalue weighted by atomic mass is 10.0. The van der Waals surface area contributed by atoms with E-state index < -0.39 is 68.7 Å². The summed E-state index contributed by atoms with van der Waals surface area (Å²) in [4.78, 5) is 62.5. The first-order valence-corrected chi connectivity index (χ1v) is 44.7. The van der Waals surface area contributed by atoms with Gasteiger partial charge < -0.3 is 88.8 Å². The first kappa shape index (κ1) is 109. The van der Waals surface area contributed by atoms with Crippen molar-refractivity contribution in [2.24, 2.45) is 11.5 Å². The molecule has 8 aromatic rings. The molecule has 4 aliphatic rings. The highest BCUT2D eigenvalue weighted by Gasteiger charge is 2.33. The minimum Gasteiger partial charge on any atom is -0.495 e. The number of carbonyl (C=O) groups is 4. The Labute approximate surface area is 785 Å². The van der Waals surface area contributed by atoms with Gasteiger partial charge in [0.1, 0.15) is 52.9 Å². The molecule has 4 aliphatic heterocycles. The summed E-state index contributed by atoms with van der Waals surface area (Å²) >= 11 is 9.88. The Morgan fingerprint density at radius 2 is 0.773 bits per heavy atom. The molecule has 0 atom stereocenters. The van der Waals surface area contributed by atoms with Crippen LogP contribution in [-0.4, -0.2) is 244 Å². The summed E-state index contributed by atoms with van der Waals surface area (Å²) in [6.45, 7) is 17.2. The highest BCUT2D eigenvalue weighted by Crippen LogP contribution is 2.36. The average Bonchev–Trinajstić information content (AvgIpc) is 0.804. The van der Waals surface area contributed by atoms with Crippen molar-refractivity contribution in [3.05, 3.63) is 212 Å². The maximum Gasteiger partial charge on any atom is 0.416 e. The third-order valence-corrected chi connectivity index (χ3v) is 22.6. The third kappa shape index (κ3) is 36.2. The molecular formula is C88H103Br3F6N18O16S. The van der Waals surface area contributed by atoms with Crippen LogP contribution in [-0.2, 0) is 84.1 Å². The molecule has 12 rings (SSSR count). The average molecular weight is 2050 g/mol. The van der Waals surface area contributed by atoms with Crippen molar-refractivity contribution >= 4 is 116 Å². The zero-order valence-electron chi connectivity index (χ0n) is 72.6. The second-order valence-corrected chi connectivity index (χ2v) is 33.4. The largest absolute Gasteiger partial charge is 0.495 e. The molecule has 0 radical (unpaired) electrons. The summed E-state index contributed by atoms with van der Waals surface area (Å²) in [6, 6.07) is 32.1. The number of hydrogen-bond donors (Lipinski definition) is 10. The van der Waals surface area contributed by atoms with Crippen LogP contribution in [0.25, 0.3) is 0 Å². The van der Waals surface area contributed by atoms with Crippen LogP contribution in [0, 0.1) is 45.3 Å². The number of aliphatic hydroxyl groups is 1. The second-order valence-electron chi connectivity index (χ2n) is 29.2. The lowest BCUT2D eigenvalue weighted by Crippen LogP contribution is -2.37. The lowest BCUT2D eigenvalue weighted by molar-refractivity contribution is -0.138. The molecule has 6 aromatic carbocycles. The Morgan fingerprint density at radius 1 is 0.462 bits per heavy atom. The third-order valence-electron chi connectivity index (χ3n) is 20.0. The number of rotatable bonds is 26. The number of amides is 3. The second kappa shape index (κ2) is 54.4. The molecule has 4 saturated heterocycles. The summed E-state index contributed by atoms with van der Waals surface area (Å²) in [5, 5.41) is 55.1. The van der Waals surface area contributed by atoms with Crippen LogP contribution >= 0.6 is 47.8 Å². The normalized spacial score (nSPS) is 14.0. The number of primary amides is 2. The van der Waals surface area contributed by atoms with Crippen LogP contribution in [0.5, 0.6) is 17.2 Å². The molecule has 0 spiro atoms. The number of nitrogens with zero attached hydrogens (tertiary/aromatic N) is 10. The van der Waals surface area contributed by atoms with E-state index >= 15 is 0 Å². The van der Waals surface area contributed by atoms with Crippen molar-refractivity contribution in [3.8, 4) is 41.5 Å². The van der Waals surface area contributed by atoms with Crippen LogP contribution in [0.1, 0.15) is 108 Å². The van der Waals surface area contributed by atoms with Crippen LogP contribution in [0.4, 0.5) is 60.5 Å². The van der Waals surface area contributed by atoms with Gasteiger partial charge >= 0.3 is 18.3 Å². The summed E-state index contributed by atoms with van der Waals surface area (Å²) in [7, 11) is 1.02. The van der Waals surface area contributed by atoms with Gasteiger partial charge in [0.2, 0.25) is 0 Å². The van der Waals surface area contributed by atoms with Gasteiger partial charge in [-0.1, -0.05) is 0 Å². The minimum atomic E-state index is -4.63. The van der Waals surface area contributed by atoms with Crippen LogP contribution in [0.15, 0.2) is 123 Å². The van der Waals surface area contributed by atoms with E-state index in [0.717, 1.165) is 200 Å². The molecule has 34 nitrogen and oxygen atoms in total. The standard InChI is InChI=1S/C21H23F3N4O4.C14H21N3O3.C14H19N3O2.C13H16BrN3O.C10H11BrN2O3S.C9H9BrN2O.C7H4F3NO2/c1-31-17-11-13(3-5-28-6-8-32-9-7-28)10-15(19(25)29)18(17)27-20(30)16-12-14(2-4-26-16)21(22,23)24;1-19-12-9-10(8-11(13(12)15)14(16)18)2-3-17-4-6-20-7-5-17;1-18-13-9-11(8-12(10-15)14(13)16)2-3-17-4-6-19-7-5-17;14-12-8-10(7-11(9-15)13(12)16)1-2-17-3-5-18-6-4-17;1-17(14,15)16-3-2-7-4-8(6-12)10(13)9(11)5-7;10-8-4-6(1-2-13)3-7(5-11)9(8)12;8-7(9,10)4-1-2-11-5(3-4)6(12)13/h2,4,10-12H,3,5-9H2,1H3,(H2,25,29)(H,27,30);8-9H,2-7,15H2,1H3,(H2,16,18);8-9H,2-7,16H2,1H3;7-8H,1-6,16H2;4-5H,2-3,13H2,1H3;3-4,13H,1-2,12H2;1-3H,(H,12,13). The summed E-state index contributed by atoms with van der Waals surface area (Å²) in [5.74, 6) is -2.52. The Bertz CT molecular complexity index is 5530. The number of nitrogens with two attached hydrogens (primary N) is 7. The number of anilines is 6. The molecule has 17 N–H and O–H groups in total. The lowest BCUT2D eigenvalue weighted by Gasteiger charge is -2.26. The molecule has 6 heterocycles. The number of pyridine rings is 2. The van der Waals surface area contributed by atoms with Crippen molar-refractivity contribution < 1.29 is 101 Å². The van der Waals surface area contributed by atoms with E-state index in [4.69, 9.17) is 105 Å². The predicted molar refractivity (Wildman–Crippen MR) is 492 cm³/mol. The minimum absolute atomic E-state index is 0.0124. The van der Waals surface area contributed by atoms with Gasteiger partial charge in [-0.25, -0.2) is 9.78 Å². The predicted octanol–water partition coefficient (Wildman–Crippen LogP) is 10.0. The number of carboxylic acids is 1. The number of aliphatic hydroxyl groups excluding tert-OH is 1. The van der Waals surface area contributed by atoms with E-state index in [9.17, 15) is 53.9 Å². The Hall–Kier alpha value is -11.6. The first-order valence-electron chi connectivity index (χ1n) is 40.5. The number of hydrogen-bond acceptors (Lipinski definition) is 30. The van der Waals surface area contributed by atoms with Crippen molar-refractivity contribution in [3.63, 3.8) is 0 Å². The number of aromatic nitrogens is 2. The molecule has 132 heavy (non-hydrogen) atoms. The maximum absolute atomic E-state index is 12.9.